The van der Waals surface area contributed by atoms with Crippen LogP contribution in [0.4, 0.5) is 4.39 Å². The molecule has 26 heavy (non-hydrogen) atoms. The number of methoxy groups -OCH3 is 2. The minimum absolute atomic E-state index is 0.164. The fourth-order valence-corrected chi connectivity index (χ4v) is 3.65. The topological polar surface area (TPSA) is 54.9 Å². The van der Waals surface area contributed by atoms with Gasteiger partial charge in [0.25, 0.3) is 0 Å². The normalized spacial score (nSPS) is 17.9. The van der Waals surface area contributed by atoms with Crippen LogP contribution in [0.2, 0.25) is 0 Å². The van der Waals surface area contributed by atoms with Crippen LogP contribution in [0.15, 0.2) is 29.3 Å². The summed E-state index contributed by atoms with van der Waals surface area (Å²) < 4.78 is 23.9. The van der Waals surface area contributed by atoms with Crippen LogP contribution in [-0.4, -0.2) is 46.9 Å². The molecule has 0 spiro atoms. The van der Waals surface area contributed by atoms with E-state index in [1.807, 2.05) is 0 Å². The van der Waals surface area contributed by atoms with Crippen LogP contribution < -0.4 is 10.6 Å². The highest BCUT2D eigenvalue weighted by atomic mass is 19.1. The highest BCUT2D eigenvalue weighted by molar-refractivity contribution is 5.79. The summed E-state index contributed by atoms with van der Waals surface area (Å²) in [6.45, 7) is 2.25. The zero-order valence-electron chi connectivity index (χ0n) is 16.2. The Morgan fingerprint density at radius 3 is 2.46 bits per heavy atom. The van der Waals surface area contributed by atoms with E-state index in [1.54, 1.807) is 33.4 Å². The maximum absolute atomic E-state index is 13.1. The van der Waals surface area contributed by atoms with E-state index in [9.17, 15) is 4.39 Å². The monoisotopic (exact) mass is 365 g/mol. The number of rotatable bonds is 9. The summed E-state index contributed by atoms with van der Waals surface area (Å²) in [6, 6.07) is 6.40. The number of nitrogens with zero attached hydrogens (tertiary/aromatic N) is 1. The molecule has 0 heterocycles. The van der Waals surface area contributed by atoms with Gasteiger partial charge in [-0.05, 0) is 42.4 Å². The van der Waals surface area contributed by atoms with Gasteiger partial charge < -0.3 is 20.1 Å². The van der Waals surface area contributed by atoms with Gasteiger partial charge in [-0.3, -0.25) is 4.99 Å². The second-order valence-electron chi connectivity index (χ2n) is 7.03. The third kappa shape index (κ3) is 5.95. The van der Waals surface area contributed by atoms with Crippen molar-refractivity contribution in [2.75, 3.05) is 41.0 Å². The molecule has 0 aliphatic heterocycles. The van der Waals surface area contributed by atoms with Crippen LogP contribution >= 0.6 is 0 Å². The Labute approximate surface area is 156 Å². The fourth-order valence-electron chi connectivity index (χ4n) is 3.65. The predicted octanol–water partition coefficient (Wildman–Crippen LogP) is 3.28. The van der Waals surface area contributed by atoms with Gasteiger partial charge in [0.2, 0.25) is 0 Å². The van der Waals surface area contributed by atoms with Crippen molar-refractivity contribution in [3.63, 3.8) is 0 Å². The number of nitrogens with one attached hydrogen (secondary N) is 2. The summed E-state index contributed by atoms with van der Waals surface area (Å²) in [5, 5.41) is 6.79. The van der Waals surface area contributed by atoms with Crippen molar-refractivity contribution in [1.29, 1.82) is 0 Å². The maximum atomic E-state index is 13.1. The Hall–Kier alpha value is -1.66. The fraction of sp³-hybridized carbons (Fsp3) is 0.650. The maximum Gasteiger partial charge on any atom is 0.191 e. The standard InChI is InChI=1S/C20H32FN3O2/c1-22-19(24-15-20(12-13-25-2)10-4-5-11-20)23-14-18(26-3)16-6-8-17(21)9-7-16/h6-9,18H,4-5,10-15H2,1-3H3,(H2,22,23,24). The first-order valence-electron chi connectivity index (χ1n) is 9.34. The highest BCUT2D eigenvalue weighted by Gasteiger charge is 2.33. The Balaban J connectivity index is 1.87. The first-order chi connectivity index (χ1) is 12.6. The molecule has 1 aromatic rings. The van der Waals surface area contributed by atoms with Crippen LogP contribution in [0.25, 0.3) is 0 Å². The van der Waals surface area contributed by atoms with Gasteiger partial charge in [-0.1, -0.05) is 25.0 Å². The lowest BCUT2D eigenvalue weighted by Crippen LogP contribution is -2.44. The van der Waals surface area contributed by atoms with E-state index in [4.69, 9.17) is 9.47 Å². The lowest BCUT2D eigenvalue weighted by molar-refractivity contribution is 0.106. The van der Waals surface area contributed by atoms with Gasteiger partial charge in [0.15, 0.2) is 5.96 Å². The molecule has 0 bridgehead atoms. The smallest absolute Gasteiger partial charge is 0.191 e. The number of hydrogen-bond acceptors (Lipinski definition) is 3. The van der Waals surface area contributed by atoms with Crippen LogP contribution in [0.5, 0.6) is 0 Å². The van der Waals surface area contributed by atoms with E-state index in [-0.39, 0.29) is 11.9 Å². The molecule has 1 atom stereocenters. The molecule has 2 rings (SSSR count). The van der Waals surface area contributed by atoms with E-state index in [0.29, 0.717) is 12.0 Å². The molecule has 1 aromatic carbocycles. The Kier molecular flexibility index (Phi) is 8.32. The van der Waals surface area contributed by atoms with Crippen LogP contribution in [0.1, 0.15) is 43.8 Å². The summed E-state index contributed by atoms with van der Waals surface area (Å²) in [4.78, 5) is 4.32. The molecule has 0 radical (unpaired) electrons. The highest BCUT2D eigenvalue weighted by Crippen LogP contribution is 2.40. The van der Waals surface area contributed by atoms with Crippen molar-refractivity contribution in [1.82, 2.24) is 10.6 Å². The summed E-state index contributed by atoms with van der Waals surface area (Å²) in [5.74, 6) is 0.518. The summed E-state index contributed by atoms with van der Waals surface area (Å²) in [7, 11) is 5.19. The second kappa shape index (κ2) is 10.5. The molecular weight excluding hydrogens is 333 g/mol. The quantitative estimate of drug-likeness (QED) is 0.521. The van der Waals surface area contributed by atoms with Crippen molar-refractivity contribution in [3.05, 3.63) is 35.6 Å². The third-order valence-electron chi connectivity index (χ3n) is 5.34. The molecule has 1 fully saturated rings. The van der Waals surface area contributed by atoms with Crippen LogP contribution in [0.3, 0.4) is 0 Å². The van der Waals surface area contributed by atoms with Gasteiger partial charge >= 0.3 is 0 Å². The van der Waals surface area contributed by atoms with Crippen molar-refractivity contribution in [2.24, 2.45) is 10.4 Å². The second-order valence-corrected chi connectivity index (χ2v) is 7.03. The average Bonchev–Trinajstić information content (AvgIpc) is 3.13. The number of guanidine groups is 1. The minimum Gasteiger partial charge on any atom is -0.385 e. The van der Waals surface area contributed by atoms with E-state index >= 15 is 0 Å². The SMILES string of the molecule is CN=C(NCC(OC)c1ccc(F)cc1)NCC1(CCOC)CCCC1. The molecular formula is C20H32FN3O2. The zero-order chi connectivity index (χ0) is 18.8. The molecule has 0 saturated heterocycles. The molecule has 0 aromatic heterocycles. The van der Waals surface area contributed by atoms with Gasteiger partial charge in [0.1, 0.15) is 5.82 Å². The first kappa shape index (κ1) is 20.6. The number of halogens is 1. The zero-order valence-corrected chi connectivity index (χ0v) is 16.2. The molecule has 1 aliphatic rings. The molecule has 1 aliphatic carbocycles. The van der Waals surface area contributed by atoms with Crippen molar-refractivity contribution >= 4 is 5.96 Å². The number of ether oxygens (including phenoxy) is 2. The van der Waals surface area contributed by atoms with Gasteiger partial charge in [-0.25, -0.2) is 4.39 Å². The van der Waals surface area contributed by atoms with Crippen molar-refractivity contribution < 1.29 is 13.9 Å². The minimum atomic E-state index is -0.244. The van der Waals surface area contributed by atoms with Gasteiger partial charge in [0, 0.05) is 41.0 Å². The van der Waals surface area contributed by atoms with Gasteiger partial charge in [-0.15, -0.1) is 0 Å². The Bertz CT molecular complexity index is 557. The largest absolute Gasteiger partial charge is 0.385 e. The van der Waals surface area contributed by atoms with Gasteiger partial charge in [-0.2, -0.15) is 0 Å². The third-order valence-corrected chi connectivity index (χ3v) is 5.34. The van der Waals surface area contributed by atoms with E-state index in [2.05, 4.69) is 15.6 Å². The first-order valence-corrected chi connectivity index (χ1v) is 9.34. The summed E-state index contributed by atoms with van der Waals surface area (Å²) >= 11 is 0. The Morgan fingerprint density at radius 1 is 1.19 bits per heavy atom. The number of benzene rings is 1. The van der Waals surface area contributed by atoms with Crippen LogP contribution in [0, 0.1) is 11.2 Å². The van der Waals surface area contributed by atoms with Crippen molar-refractivity contribution in [2.45, 2.75) is 38.2 Å². The van der Waals surface area contributed by atoms with Crippen molar-refractivity contribution in [3.8, 4) is 0 Å². The number of hydrogen-bond donors (Lipinski definition) is 2. The molecule has 5 nitrogen and oxygen atoms in total. The van der Waals surface area contributed by atoms with E-state index < -0.39 is 0 Å². The molecule has 1 saturated carbocycles. The molecule has 146 valence electrons. The number of aliphatic imine (C=N–C) groups is 1. The lowest BCUT2D eigenvalue weighted by Gasteiger charge is -2.30. The summed E-state index contributed by atoms with van der Waals surface area (Å²) in [6.07, 6.45) is 5.95. The molecule has 1 unspecified atom stereocenters. The molecule has 2 N–H and O–H groups in total. The molecule has 0 amide bonds. The predicted molar refractivity (Wildman–Crippen MR) is 103 cm³/mol. The summed E-state index contributed by atoms with van der Waals surface area (Å²) in [5.41, 5.74) is 1.23. The lowest BCUT2D eigenvalue weighted by atomic mass is 9.83. The average molecular weight is 365 g/mol. The Morgan fingerprint density at radius 2 is 1.88 bits per heavy atom. The van der Waals surface area contributed by atoms with E-state index in [0.717, 1.165) is 31.1 Å². The van der Waals surface area contributed by atoms with Gasteiger partial charge in [0.05, 0.1) is 6.10 Å². The van der Waals surface area contributed by atoms with E-state index in [1.165, 1.54) is 37.8 Å². The van der Waals surface area contributed by atoms with Crippen LogP contribution in [-0.2, 0) is 9.47 Å². The molecule has 6 heteroatoms.